The monoisotopic (exact) mass is 382 g/mol. The molecule has 0 atom stereocenters. The standard InChI is InChI=1S/C19H15ClN4O3/c20-12-5-7-17-21-13(10-24(17)9-12)11-27-18(25)8-6-16-22-15-4-2-1-3-14(15)19(26)23-16/h1-5,7,9-10H,6,8,11H2,(H,22,23,26). The van der Waals surface area contributed by atoms with E-state index in [4.69, 9.17) is 16.3 Å². The second kappa shape index (κ2) is 7.20. The average Bonchev–Trinajstić information content (AvgIpc) is 3.07. The Morgan fingerprint density at radius 1 is 1.15 bits per heavy atom. The van der Waals surface area contributed by atoms with Crippen LogP contribution in [-0.4, -0.2) is 25.3 Å². The van der Waals surface area contributed by atoms with Gasteiger partial charge in [-0.2, -0.15) is 0 Å². The molecule has 3 aromatic heterocycles. The van der Waals surface area contributed by atoms with Crippen molar-refractivity contribution in [1.82, 2.24) is 19.4 Å². The number of hydrogen-bond donors (Lipinski definition) is 1. The first-order valence-corrected chi connectivity index (χ1v) is 8.73. The van der Waals surface area contributed by atoms with Gasteiger partial charge in [-0.25, -0.2) is 9.97 Å². The van der Waals surface area contributed by atoms with Crippen molar-refractivity contribution in [3.8, 4) is 0 Å². The number of aromatic nitrogens is 4. The van der Waals surface area contributed by atoms with E-state index in [-0.39, 0.29) is 24.6 Å². The summed E-state index contributed by atoms with van der Waals surface area (Å²) in [6, 6.07) is 10.6. The third-order valence-corrected chi connectivity index (χ3v) is 4.30. The summed E-state index contributed by atoms with van der Waals surface area (Å²) in [6.45, 7) is 0.0692. The highest BCUT2D eigenvalue weighted by atomic mass is 35.5. The third-order valence-electron chi connectivity index (χ3n) is 4.07. The molecule has 0 saturated heterocycles. The molecule has 0 aliphatic carbocycles. The van der Waals surface area contributed by atoms with Gasteiger partial charge in [-0.15, -0.1) is 0 Å². The molecule has 4 rings (SSSR count). The lowest BCUT2D eigenvalue weighted by atomic mass is 10.2. The first kappa shape index (κ1) is 17.2. The Kier molecular flexibility index (Phi) is 4.60. The van der Waals surface area contributed by atoms with E-state index in [1.54, 1.807) is 47.1 Å². The van der Waals surface area contributed by atoms with Crippen LogP contribution in [0.3, 0.4) is 0 Å². The molecule has 7 nitrogen and oxygen atoms in total. The van der Waals surface area contributed by atoms with Crippen molar-refractivity contribution in [3.05, 3.63) is 75.7 Å². The summed E-state index contributed by atoms with van der Waals surface area (Å²) in [4.78, 5) is 35.5. The number of hydrogen-bond acceptors (Lipinski definition) is 5. The number of nitrogens with one attached hydrogen (secondary N) is 1. The molecule has 3 heterocycles. The quantitative estimate of drug-likeness (QED) is 0.536. The Hall–Kier alpha value is -3.19. The van der Waals surface area contributed by atoms with E-state index in [0.717, 1.165) is 5.65 Å². The summed E-state index contributed by atoms with van der Waals surface area (Å²) in [5.41, 5.74) is 1.74. The molecular formula is C19H15ClN4O3. The number of H-pyrrole nitrogens is 1. The van der Waals surface area contributed by atoms with Crippen LogP contribution >= 0.6 is 11.6 Å². The number of carbonyl (C=O) groups is 1. The summed E-state index contributed by atoms with van der Waals surface area (Å²) < 4.78 is 7.03. The predicted octanol–water partition coefficient (Wildman–Crippen LogP) is 2.90. The van der Waals surface area contributed by atoms with E-state index in [9.17, 15) is 9.59 Å². The molecule has 4 aromatic rings. The lowest BCUT2D eigenvalue weighted by Crippen LogP contribution is -2.14. The number of rotatable bonds is 5. The summed E-state index contributed by atoms with van der Waals surface area (Å²) in [7, 11) is 0. The Morgan fingerprint density at radius 3 is 2.89 bits per heavy atom. The van der Waals surface area contributed by atoms with Crippen LogP contribution in [0.15, 0.2) is 53.6 Å². The fourth-order valence-corrected chi connectivity index (χ4v) is 2.96. The lowest BCUT2D eigenvalue weighted by molar-refractivity contribution is -0.145. The molecule has 0 fully saturated rings. The van der Waals surface area contributed by atoms with Crippen LogP contribution in [0, 0.1) is 0 Å². The first-order chi connectivity index (χ1) is 13.1. The van der Waals surface area contributed by atoms with Crippen LogP contribution in [-0.2, 0) is 22.6 Å². The molecule has 1 N–H and O–H groups in total. The van der Waals surface area contributed by atoms with E-state index in [1.807, 2.05) is 6.07 Å². The number of ether oxygens (including phenoxy) is 1. The highest BCUT2D eigenvalue weighted by Gasteiger charge is 2.09. The molecule has 1 aromatic carbocycles. The van der Waals surface area contributed by atoms with E-state index >= 15 is 0 Å². The Morgan fingerprint density at radius 2 is 2.00 bits per heavy atom. The number of carbonyl (C=O) groups excluding carboxylic acids is 1. The Labute approximate surface area is 158 Å². The van der Waals surface area contributed by atoms with Gasteiger partial charge in [0, 0.05) is 18.8 Å². The summed E-state index contributed by atoms with van der Waals surface area (Å²) in [5, 5.41) is 1.12. The second-order valence-corrected chi connectivity index (χ2v) is 6.47. The number of nitrogens with zero attached hydrogens (tertiary/aromatic N) is 3. The van der Waals surface area contributed by atoms with Gasteiger partial charge < -0.3 is 14.1 Å². The fraction of sp³-hybridized carbons (Fsp3) is 0.158. The van der Waals surface area contributed by atoms with Gasteiger partial charge >= 0.3 is 5.97 Å². The largest absolute Gasteiger partial charge is 0.459 e. The van der Waals surface area contributed by atoms with E-state index in [0.29, 0.717) is 33.9 Å². The molecule has 27 heavy (non-hydrogen) atoms. The van der Waals surface area contributed by atoms with Gasteiger partial charge in [0.1, 0.15) is 18.1 Å². The number of imidazole rings is 1. The van der Waals surface area contributed by atoms with Crippen molar-refractivity contribution in [3.63, 3.8) is 0 Å². The molecule has 0 unspecified atom stereocenters. The van der Waals surface area contributed by atoms with Crippen LogP contribution in [0.25, 0.3) is 16.6 Å². The number of benzene rings is 1. The molecule has 0 aliphatic rings. The summed E-state index contributed by atoms with van der Waals surface area (Å²) in [5.74, 6) is 0.0684. The fourth-order valence-electron chi connectivity index (χ4n) is 2.79. The molecule has 0 spiro atoms. The van der Waals surface area contributed by atoms with Crippen molar-refractivity contribution < 1.29 is 9.53 Å². The number of esters is 1. The van der Waals surface area contributed by atoms with Crippen LogP contribution in [0.1, 0.15) is 17.9 Å². The van der Waals surface area contributed by atoms with Gasteiger partial charge in [0.15, 0.2) is 0 Å². The van der Waals surface area contributed by atoms with Crippen molar-refractivity contribution in [2.45, 2.75) is 19.4 Å². The number of aromatic amines is 1. The molecule has 136 valence electrons. The highest BCUT2D eigenvalue weighted by Crippen LogP contribution is 2.12. The number of aryl methyl sites for hydroxylation is 1. The Balaban J connectivity index is 1.37. The average molecular weight is 383 g/mol. The van der Waals surface area contributed by atoms with Crippen molar-refractivity contribution in [2.24, 2.45) is 0 Å². The smallest absolute Gasteiger partial charge is 0.306 e. The maximum atomic E-state index is 12.0. The minimum absolute atomic E-state index is 0.0692. The van der Waals surface area contributed by atoms with Crippen LogP contribution < -0.4 is 5.56 Å². The van der Waals surface area contributed by atoms with E-state index < -0.39 is 0 Å². The van der Waals surface area contributed by atoms with Crippen molar-refractivity contribution in [1.29, 1.82) is 0 Å². The minimum atomic E-state index is -0.388. The van der Waals surface area contributed by atoms with Crippen molar-refractivity contribution >= 4 is 34.1 Å². The lowest BCUT2D eigenvalue weighted by Gasteiger charge is -2.04. The molecular weight excluding hydrogens is 368 g/mol. The Bertz CT molecular complexity index is 1200. The van der Waals surface area contributed by atoms with Gasteiger partial charge in [-0.3, -0.25) is 9.59 Å². The number of pyridine rings is 1. The first-order valence-electron chi connectivity index (χ1n) is 8.35. The zero-order valence-corrected chi connectivity index (χ0v) is 14.9. The maximum Gasteiger partial charge on any atom is 0.306 e. The minimum Gasteiger partial charge on any atom is -0.459 e. The van der Waals surface area contributed by atoms with E-state index in [2.05, 4.69) is 15.0 Å². The number of halogens is 1. The van der Waals surface area contributed by atoms with Crippen LogP contribution in [0.2, 0.25) is 5.02 Å². The number of fused-ring (bicyclic) bond motifs is 2. The second-order valence-electron chi connectivity index (χ2n) is 6.04. The zero-order chi connectivity index (χ0) is 18.8. The van der Waals surface area contributed by atoms with Gasteiger partial charge in [0.05, 0.1) is 28.0 Å². The third kappa shape index (κ3) is 3.83. The molecule has 0 amide bonds. The molecule has 0 radical (unpaired) electrons. The number of para-hydroxylation sites is 1. The maximum absolute atomic E-state index is 12.0. The van der Waals surface area contributed by atoms with Gasteiger partial charge in [0.2, 0.25) is 0 Å². The summed E-state index contributed by atoms with van der Waals surface area (Å²) >= 11 is 5.94. The molecule has 0 aliphatic heterocycles. The van der Waals surface area contributed by atoms with E-state index in [1.165, 1.54) is 0 Å². The molecule has 0 bridgehead atoms. The highest BCUT2D eigenvalue weighted by molar-refractivity contribution is 6.30. The normalized spacial score (nSPS) is 11.1. The zero-order valence-electron chi connectivity index (χ0n) is 14.2. The van der Waals surface area contributed by atoms with Crippen LogP contribution in [0.5, 0.6) is 0 Å². The topological polar surface area (TPSA) is 89.3 Å². The van der Waals surface area contributed by atoms with Gasteiger partial charge in [-0.05, 0) is 24.3 Å². The van der Waals surface area contributed by atoms with Gasteiger partial charge in [-0.1, -0.05) is 23.7 Å². The van der Waals surface area contributed by atoms with Crippen molar-refractivity contribution in [2.75, 3.05) is 0 Å². The molecule has 0 saturated carbocycles. The predicted molar refractivity (Wildman–Crippen MR) is 101 cm³/mol. The summed E-state index contributed by atoms with van der Waals surface area (Å²) in [6.07, 6.45) is 3.90. The molecule has 8 heteroatoms. The SMILES string of the molecule is O=C(CCc1nc2ccccc2c(=O)[nH]1)OCc1cn2cc(Cl)ccc2n1. The van der Waals surface area contributed by atoms with Crippen LogP contribution in [0.4, 0.5) is 0 Å². The van der Waals surface area contributed by atoms with Gasteiger partial charge in [0.25, 0.3) is 5.56 Å².